The van der Waals surface area contributed by atoms with Crippen LogP contribution in [-0.4, -0.2) is 61.8 Å². The van der Waals surface area contributed by atoms with Gasteiger partial charge in [0, 0.05) is 32.2 Å². The zero-order chi connectivity index (χ0) is 9.80. The van der Waals surface area contributed by atoms with Gasteiger partial charge in [-0.25, -0.2) is 0 Å². The number of nitrogens with zero attached hydrogens (tertiary/aromatic N) is 2. The average Bonchev–Trinajstić information content (AvgIpc) is 2.68. The van der Waals surface area contributed by atoms with Crippen molar-refractivity contribution in [3.05, 3.63) is 0 Å². The number of ether oxygens (including phenoxy) is 1. The Bertz CT molecular complexity index is 218. The van der Waals surface area contributed by atoms with E-state index in [9.17, 15) is 0 Å². The van der Waals surface area contributed by atoms with E-state index in [0.717, 1.165) is 45.9 Å². The highest BCUT2D eigenvalue weighted by molar-refractivity contribution is 4.93. The lowest BCUT2D eigenvalue weighted by Crippen LogP contribution is -2.44. The fraction of sp³-hybridized carbons (Fsp3) is 0.818. The zero-order valence-electron chi connectivity index (χ0n) is 8.61. The van der Waals surface area contributed by atoms with Crippen LogP contribution in [-0.2, 0) is 4.74 Å². The summed E-state index contributed by atoms with van der Waals surface area (Å²) in [6, 6.07) is 0.715. The van der Waals surface area contributed by atoms with Crippen LogP contribution < -0.4 is 0 Å². The highest BCUT2D eigenvalue weighted by Gasteiger charge is 2.27. The van der Waals surface area contributed by atoms with Gasteiger partial charge in [0.2, 0.25) is 0 Å². The summed E-state index contributed by atoms with van der Waals surface area (Å²) in [5, 5.41) is 0. The second kappa shape index (κ2) is 4.79. The Balaban J connectivity index is 1.79. The molecule has 3 heteroatoms. The number of morpholine rings is 1. The van der Waals surface area contributed by atoms with Crippen LogP contribution >= 0.6 is 0 Å². The summed E-state index contributed by atoms with van der Waals surface area (Å²) in [5.41, 5.74) is 0. The van der Waals surface area contributed by atoms with Crippen LogP contribution in [0.25, 0.3) is 0 Å². The van der Waals surface area contributed by atoms with Crippen LogP contribution in [0.1, 0.15) is 6.42 Å². The van der Waals surface area contributed by atoms with Crippen LogP contribution in [0.2, 0.25) is 0 Å². The van der Waals surface area contributed by atoms with Crippen molar-refractivity contribution in [3.63, 3.8) is 0 Å². The third-order valence-corrected chi connectivity index (χ3v) is 3.12. The second-order valence-corrected chi connectivity index (χ2v) is 4.03. The molecule has 14 heavy (non-hydrogen) atoms. The van der Waals surface area contributed by atoms with E-state index in [1.807, 2.05) is 0 Å². The first-order valence-electron chi connectivity index (χ1n) is 5.38. The van der Waals surface area contributed by atoms with Crippen molar-refractivity contribution in [2.45, 2.75) is 12.5 Å². The van der Waals surface area contributed by atoms with Crippen LogP contribution in [0.15, 0.2) is 0 Å². The standard InChI is InChI=1S/C11H18N2O/c1-2-4-12-5-3-11(10-12)13-6-8-14-9-7-13/h1,11H,3-10H2. The molecule has 2 aliphatic heterocycles. The quantitative estimate of drug-likeness (QED) is 0.577. The molecule has 0 bridgehead atoms. The van der Waals surface area contributed by atoms with Crippen molar-refractivity contribution in [1.29, 1.82) is 0 Å². The summed E-state index contributed by atoms with van der Waals surface area (Å²) < 4.78 is 5.35. The lowest BCUT2D eigenvalue weighted by molar-refractivity contribution is 0.0187. The van der Waals surface area contributed by atoms with E-state index < -0.39 is 0 Å². The predicted octanol–water partition coefficient (Wildman–Crippen LogP) is 0.0261. The molecule has 0 radical (unpaired) electrons. The maximum absolute atomic E-state index is 5.35. The Hall–Kier alpha value is -0.560. The molecule has 2 aliphatic rings. The first-order valence-corrected chi connectivity index (χ1v) is 5.38. The van der Waals surface area contributed by atoms with Gasteiger partial charge < -0.3 is 4.74 Å². The minimum Gasteiger partial charge on any atom is -0.379 e. The topological polar surface area (TPSA) is 15.7 Å². The normalized spacial score (nSPS) is 30.4. The van der Waals surface area contributed by atoms with Gasteiger partial charge in [-0.2, -0.15) is 0 Å². The molecular weight excluding hydrogens is 176 g/mol. The minimum absolute atomic E-state index is 0.715. The van der Waals surface area contributed by atoms with Gasteiger partial charge in [0.15, 0.2) is 0 Å². The fourth-order valence-corrected chi connectivity index (χ4v) is 2.33. The molecule has 0 spiro atoms. The molecule has 0 amide bonds. The first kappa shape index (κ1) is 9.97. The van der Waals surface area contributed by atoms with Crippen LogP contribution in [0, 0.1) is 12.3 Å². The Morgan fingerprint density at radius 1 is 1.29 bits per heavy atom. The Labute approximate surface area is 86.0 Å². The first-order chi connectivity index (χ1) is 6.90. The number of hydrogen-bond donors (Lipinski definition) is 0. The monoisotopic (exact) mass is 194 g/mol. The van der Waals surface area contributed by atoms with Gasteiger partial charge in [0.05, 0.1) is 19.8 Å². The number of terminal acetylenes is 1. The summed E-state index contributed by atoms with van der Waals surface area (Å²) in [5.74, 6) is 2.72. The maximum atomic E-state index is 5.35. The Morgan fingerprint density at radius 2 is 2.07 bits per heavy atom. The number of rotatable bonds is 2. The summed E-state index contributed by atoms with van der Waals surface area (Å²) in [6.45, 7) is 7.08. The van der Waals surface area contributed by atoms with E-state index in [4.69, 9.17) is 11.2 Å². The average molecular weight is 194 g/mol. The van der Waals surface area contributed by atoms with Crippen LogP contribution in [0.5, 0.6) is 0 Å². The molecule has 0 aromatic carbocycles. The van der Waals surface area contributed by atoms with Gasteiger partial charge in [-0.05, 0) is 6.42 Å². The van der Waals surface area contributed by atoms with E-state index in [1.54, 1.807) is 0 Å². The molecule has 2 fully saturated rings. The lowest BCUT2D eigenvalue weighted by Gasteiger charge is -2.32. The van der Waals surface area contributed by atoms with E-state index in [-0.39, 0.29) is 0 Å². The van der Waals surface area contributed by atoms with Crippen molar-refractivity contribution in [2.75, 3.05) is 45.9 Å². The molecule has 0 aromatic rings. The highest BCUT2D eigenvalue weighted by atomic mass is 16.5. The van der Waals surface area contributed by atoms with Crippen molar-refractivity contribution in [2.24, 2.45) is 0 Å². The van der Waals surface area contributed by atoms with Gasteiger partial charge in [-0.3, -0.25) is 9.80 Å². The van der Waals surface area contributed by atoms with Crippen molar-refractivity contribution >= 4 is 0 Å². The summed E-state index contributed by atoms with van der Waals surface area (Å²) in [4.78, 5) is 4.90. The molecule has 0 aliphatic carbocycles. The molecule has 2 heterocycles. The zero-order valence-corrected chi connectivity index (χ0v) is 8.61. The van der Waals surface area contributed by atoms with E-state index in [2.05, 4.69) is 15.7 Å². The van der Waals surface area contributed by atoms with Gasteiger partial charge in [0.25, 0.3) is 0 Å². The second-order valence-electron chi connectivity index (χ2n) is 4.03. The van der Waals surface area contributed by atoms with Gasteiger partial charge in [-0.15, -0.1) is 6.42 Å². The molecule has 0 N–H and O–H groups in total. The summed E-state index contributed by atoms with van der Waals surface area (Å²) in [7, 11) is 0. The van der Waals surface area contributed by atoms with Crippen LogP contribution in [0.3, 0.4) is 0 Å². The molecule has 3 nitrogen and oxygen atoms in total. The Morgan fingerprint density at radius 3 is 2.79 bits per heavy atom. The van der Waals surface area contributed by atoms with Crippen molar-refractivity contribution in [3.8, 4) is 12.3 Å². The third-order valence-electron chi connectivity index (χ3n) is 3.12. The molecule has 0 aromatic heterocycles. The van der Waals surface area contributed by atoms with E-state index in [0.29, 0.717) is 6.04 Å². The SMILES string of the molecule is C#CCN1CCC(N2CCOCC2)C1. The van der Waals surface area contributed by atoms with Gasteiger partial charge in [-0.1, -0.05) is 5.92 Å². The summed E-state index contributed by atoms with van der Waals surface area (Å²) >= 11 is 0. The maximum Gasteiger partial charge on any atom is 0.0599 e. The molecule has 0 saturated carbocycles. The minimum atomic E-state index is 0.715. The smallest absolute Gasteiger partial charge is 0.0599 e. The molecule has 1 atom stereocenters. The predicted molar refractivity (Wildman–Crippen MR) is 56.1 cm³/mol. The third kappa shape index (κ3) is 2.27. The van der Waals surface area contributed by atoms with E-state index >= 15 is 0 Å². The number of hydrogen-bond acceptors (Lipinski definition) is 3. The number of likely N-dealkylation sites (tertiary alicyclic amines) is 1. The van der Waals surface area contributed by atoms with E-state index in [1.165, 1.54) is 6.42 Å². The largest absolute Gasteiger partial charge is 0.379 e. The fourth-order valence-electron chi connectivity index (χ4n) is 2.33. The molecule has 2 rings (SSSR count). The molecule has 2 saturated heterocycles. The van der Waals surface area contributed by atoms with Crippen molar-refractivity contribution < 1.29 is 4.74 Å². The lowest BCUT2D eigenvalue weighted by atomic mass is 10.2. The Kier molecular flexibility index (Phi) is 3.41. The van der Waals surface area contributed by atoms with Gasteiger partial charge >= 0.3 is 0 Å². The molecule has 1 unspecified atom stereocenters. The van der Waals surface area contributed by atoms with Gasteiger partial charge in [0.1, 0.15) is 0 Å². The van der Waals surface area contributed by atoms with Crippen LogP contribution in [0.4, 0.5) is 0 Å². The highest BCUT2D eigenvalue weighted by Crippen LogP contribution is 2.16. The summed E-state index contributed by atoms with van der Waals surface area (Å²) in [6.07, 6.45) is 6.57. The van der Waals surface area contributed by atoms with Crippen molar-refractivity contribution in [1.82, 2.24) is 9.80 Å². The molecule has 78 valence electrons. The molecular formula is C11H18N2O.